The van der Waals surface area contributed by atoms with Crippen molar-refractivity contribution in [2.24, 2.45) is 0 Å². The van der Waals surface area contributed by atoms with Crippen molar-refractivity contribution in [1.82, 2.24) is 14.5 Å². The summed E-state index contributed by atoms with van der Waals surface area (Å²) in [6, 6.07) is 14.1. The van der Waals surface area contributed by atoms with E-state index in [9.17, 15) is 8.42 Å². The highest BCUT2D eigenvalue weighted by molar-refractivity contribution is 7.89. The fraction of sp³-hybridized carbons (Fsp3) is 0.385. The Bertz CT molecular complexity index is 1310. The first-order valence-corrected chi connectivity index (χ1v) is 13.6. The molecule has 10 nitrogen and oxygen atoms in total. The van der Waals surface area contributed by atoms with Gasteiger partial charge in [0.1, 0.15) is 27.9 Å². The van der Waals surface area contributed by atoms with Gasteiger partial charge in [0.15, 0.2) is 5.82 Å². The molecule has 0 spiro atoms. The number of rotatable bonds is 10. The van der Waals surface area contributed by atoms with Crippen LogP contribution in [0.1, 0.15) is 13.8 Å². The molecule has 1 aliphatic rings. The summed E-state index contributed by atoms with van der Waals surface area (Å²) < 4.78 is 50.3. The van der Waals surface area contributed by atoms with Gasteiger partial charge in [-0.1, -0.05) is 0 Å². The van der Waals surface area contributed by atoms with Gasteiger partial charge in [-0.05, 0) is 56.3 Å². The van der Waals surface area contributed by atoms with Crippen molar-refractivity contribution >= 4 is 15.8 Å². The zero-order chi connectivity index (χ0) is 26.4. The minimum Gasteiger partial charge on any atom is -0.497 e. The minimum absolute atomic E-state index is 0.141. The fourth-order valence-corrected chi connectivity index (χ4v) is 5.71. The average Bonchev–Trinajstić information content (AvgIpc) is 2.93. The predicted octanol–water partition coefficient (Wildman–Crippen LogP) is 3.47. The van der Waals surface area contributed by atoms with Crippen molar-refractivity contribution < 1.29 is 27.4 Å². The zero-order valence-corrected chi connectivity index (χ0v) is 22.3. The van der Waals surface area contributed by atoms with Gasteiger partial charge >= 0.3 is 0 Å². The Kier molecular flexibility index (Phi) is 8.34. The van der Waals surface area contributed by atoms with Crippen LogP contribution in [0.3, 0.4) is 0 Å². The molecule has 37 heavy (non-hydrogen) atoms. The second kappa shape index (κ2) is 11.7. The maximum atomic E-state index is 13.4. The van der Waals surface area contributed by atoms with E-state index in [1.807, 2.05) is 49.1 Å². The molecule has 0 bridgehead atoms. The minimum atomic E-state index is -3.74. The summed E-state index contributed by atoms with van der Waals surface area (Å²) in [4.78, 5) is 2.16. The third-order valence-corrected chi connectivity index (χ3v) is 7.98. The molecule has 0 amide bonds. The standard InChI is InChI=1S/C26H32N4O6S/c1-5-35-20-8-11-25(24(18-20)36-6-2)37(31,32)30-15-13-29(14-16-30)26-12-9-22(27-28-26)21-17-19(33-3)7-10-23(21)34-4/h7-12,17-18H,5-6,13-16H2,1-4H3. The van der Waals surface area contributed by atoms with Crippen LogP contribution in [-0.2, 0) is 10.0 Å². The average molecular weight is 529 g/mol. The number of piperazine rings is 1. The van der Waals surface area contributed by atoms with Crippen LogP contribution in [0.4, 0.5) is 5.82 Å². The largest absolute Gasteiger partial charge is 0.497 e. The molecule has 1 fully saturated rings. The van der Waals surface area contributed by atoms with E-state index in [0.29, 0.717) is 73.9 Å². The molecule has 1 aliphatic heterocycles. The van der Waals surface area contributed by atoms with E-state index < -0.39 is 10.0 Å². The summed E-state index contributed by atoms with van der Waals surface area (Å²) >= 11 is 0. The van der Waals surface area contributed by atoms with Crippen LogP contribution in [-0.4, -0.2) is 76.5 Å². The number of nitrogens with zero attached hydrogens (tertiary/aromatic N) is 4. The van der Waals surface area contributed by atoms with Gasteiger partial charge in [0.2, 0.25) is 10.0 Å². The highest BCUT2D eigenvalue weighted by atomic mass is 32.2. The number of methoxy groups -OCH3 is 2. The van der Waals surface area contributed by atoms with Crippen molar-refractivity contribution in [2.45, 2.75) is 18.7 Å². The summed E-state index contributed by atoms with van der Waals surface area (Å²) in [5, 5.41) is 8.79. The monoisotopic (exact) mass is 528 g/mol. The van der Waals surface area contributed by atoms with Crippen molar-refractivity contribution in [1.29, 1.82) is 0 Å². The SMILES string of the molecule is CCOc1ccc(S(=O)(=O)N2CCN(c3ccc(-c4cc(OC)ccc4OC)nn3)CC2)c(OCC)c1. The lowest BCUT2D eigenvalue weighted by atomic mass is 10.1. The first-order valence-electron chi connectivity index (χ1n) is 12.1. The fourth-order valence-electron chi connectivity index (χ4n) is 4.17. The van der Waals surface area contributed by atoms with Crippen LogP contribution in [0.5, 0.6) is 23.0 Å². The maximum Gasteiger partial charge on any atom is 0.246 e. The molecule has 0 atom stereocenters. The Hall–Kier alpha value is -3.57. The number of hydrogen-bond acceptors (Lipinski definition) is 9. The molecule has 11 heteroatoms. The van der Waals surface area contributed by atoms with Crippen molar-refractivity contribution in [2.75, 3.05) is 58.5 Å². The Morgan fingerprint density at radius 1 is 0.784 bits per heavy atom. The summed E-state index contributed by atoms with van der Waals surface area (Å²) in [5.41, 5.74) is 1.43. The summed E-state index contributed by atoms with van der Waals surface area (Å²) in [5.74, 6) is 2.91. The van der Waals surface area contributed by atoms with Gasteiger partial charge < -0.3 is 23.8 Å². The van der Waals surface area contributed by atoms with Gasteiger partial charge in [0, 0.05) is 37.8 Å². The summed E-state index contributed by atoms with van der Waals surface area (Å²) in [7, 11) is -0.538. The predicted molar refractivity (Wildman–Crippen MR) is 140 cm³/mol. The van der Waals surface area contributed by atoms with Gasteiger partial charge in [-0.25, -0.2) is 8.42 Å². The van der Waals surface area contributed by atoms with Crippen LogP contribution >= 0.6 is 0 Å². The topological polar surface area (TPSA) is 103 Å². The van der Waals surface area contributed by atoms with E-state index >= 15 is 0 Å². The van der Waals surface area contributed by atoms with Gasteiger partial charge in [0.25, 0.3) is 0 Å². The van der Waals surface area contributed by atoms with Crippen LogP contribution in [0.15, 0.2) is 53.4 Å². The van der Waals surface area contributed by atoms with Gasteiger partial charge in [-0.15, -0.1) is 10.2 Å². The number of benzene rings is 2. The number of sulfonamides is 1. The quantitative estimate of drug-likeness (QED) is 0.391. The van der Waals surface area contributed by atoms with Crippen molar-refractivity contribution in [3.8, 4) is 34.3 Å². The third-order valence-electron chi connectivity index (χ3n) is 6.04. The lowest BCUT2D eigenvalue weighted by molar-refractivity contribution is 0.314. The second-order valence-corrected chi connectivity index (χ2v) is 10.1. The molecule has 0 radical (unpaired) electrons. The smallest absolute Gasteiger partial charge is 0.246 e. The number of anilines is 1. The van der Waals surface area contributed by atoms with Gasteiger partial charge in [0.05, 0.1) is 33.1 Å². The van der Waals surface area contributed by atoms with E-state index in [0.717, 1.165) is 5.56 Å². The normalized spacial score (nSPS) is 14.3. The van der Waals surface area contributed by atoms with E-state index in [4.69, 9.17) is 18.9 Å². The number of hydrogen-bond donors (Lipinski definition) is 0. The summed E-state index contributed by atoms with van der Waals surface area (Å²) in [6.07, 6.45) is 0. The Morgan fingerprint density at radius 2 is 1.51 bits per heavy atom. The van der Waals surface area contributed by atoms with Gasteiger partial charge in [-0.3, -0.25) is 0 Å². The Labute approximate surface area is 217 Å². The second-order valence-electron chi connectivity index (χ2n) is 8.21. The van der Waals surface area contributed by atoms with Crippen molar-refractivity contribution in [3.63, 3.8) is 0 Å². The van der Waals surface area contributed by atoms with Crippen LogP contribution < -0.4 is 23.8 Å². The molecule has 1 aromatic heterocycles. The molecule has 0 N–H and O–H groups in total. The number of ether oxygens (including phenoxy) is 4. The molecule has 4 rings (SSSR count). The molecular formula is C26H32N4O6S. The molecule has 2 aromatic carbocycles. The third kappa shape index (κ3) is 5.72. The van der Waals surface area contributed by atoms with E-state index in [1.54, 1.807) is 32.4 Å². The molecule has 0 saturated carbocycles. The Morgan fingerprint density at radius 3 is 2.14 bits per heavy atom. The van der Waals surface area contributed by atoms with E-state index in [-0.39, 0.29) is 4.90 Å². The first kappa shape index (κ1) is 26.5. The molecule has 0 unspecified atom stereocenters. The van der Waals surface area contributed by atoms with E-state index in [1.165, 1.54) is 4.31 Å². The lowest BCUT2D eigenvalue weighted by Gasteiger charge is -2.34. The highest BCUT2D eigenvalue weighted by Gasteiger charge is 2.31. The molecule has 0 aliphatic carbocycles. The summed E-state index contributed by atoms with van der Waals surface area (Å²) in [6.45, 7) is 6.12. The maximum absolute atomic E-state index is 13.4. The van der Waals surface area contributed by atoms with Crippen LogP contribution in [0, 0.1) is 0 Å². The zero-order valence-electron chi connectivity index (χ0n) is 21.5. The van der Waals surface area contributed by atoms with Crippen molar-refractivity contribution in [3.05, 3.63) is 48.5 Å². The molecule has 2 heterocycles. The van der Waals surface area contributed by atoms with E-state index in [2.05, 4.69) is 10.2 Å². The molecule has 3 aromatic rings. The molecule has 198 valence electrons. The number of aromatic nitrogens is 2. The van der Waals surface area contributed by atoms with Crippen LogP contribution in [0.25, 0.3) is 11.3 Å². The molecule has 1 saturated heterocycles. The lowest BCUT2D eigenvalue weighted by Crippen LogP contribution is -2.49. The first-order chi connectivity index (χ1) is 17.9. The van der Waals surface area contributed by atoms with Gasteiger partial charge in [-0.2, -0.15) is 4.31 Å². The molecular weight excluding hydrogens is 496 g/mol. The van der Waals surface area contributed by atoms with Crippen LogP contribution in [0.2, 0.25) is 0 Å². The highest BCUT2D eigenvalue weighted by Crippen LogP contribution is 2.34. The Balaban J connectivity index is 1.47.